The highest BCUT2D eigenvalue weighted by Crippen LogP contribution is 2.22. The number of pyridine rings is 1. The molecule has 0 aromatic carbocycles. The smallest absolute Gasteiger partial charge is 0.129 e. The van der Waals surface area contributed by atoms with Gasteiger partial charge in [0.25, 0.3) is 0 Å². The van der Waals surface area contributed by atoms with E-state index in [1.165, 1.54) is 0 Å². The summed E-state index contributed by atoms with van der Waals surface area (Å²) >= 11 is 6.26. The summed E-state index contributed by atoms with van der Waals surface area (Å²) in [5.74, 6) is 1.64. The molecule has 1 fully saturated rings. The number of ether oxygens (including phenoxy) is 1. The molecule has 2 rings (SSSR count). The highest BCUT2D eigenvalue weighted by Gasteiger charge is 2.20. The van der Waals surface area contributed by atoms with Crippen LogP contribution < -0.4 is 10.2 Å². The third-order valence-electron chi connectivity index (χ3n) is 3.71. The van der Waals surface area contributed by atoms with E-state index in [4.69, 9.17) is 16.3 Å². The Morgan fingerprint density at radius 3 is 3.05 bits per heavy atom. The van der Waals surface area contributed by atoms with Crippen molar-refractivity contribution in [2.24, 2.45) is 5.92 Å². The molecule has 4 nitrogen and oxygen atoms in total. The molecule has 1 saturated heterocycles. The Kier molecular flexibility index (Phi) is 6.27. The van der Waals surface area contributed by atoms with Crippen LogP contribution in [0.2, 0.25) is 5.02 Å². The van der Waals surface area contributed by atoms with E-state index >= 15 is 0 Å². The number of hydrogen-bond donors (Lipinski definition) is 1. The summed E-state index contributed by atoms with van der Waals surface area (Å²) in [4.78, 5) is 6.78. The van der Waals surface area contributed by atoms with E-state index in [9.17, 15) is 0 Å². The van der Waals surface area contributed by atoms with Crippen LogP contribution in [-0.2, 0) is 11.3 Å². The first-order chi connectivity index (χ1) is 10.1. The van der Waals surface area contributed by atoms with Crippen molar-refractivity contribution in [2.45, 2.75) is 39.8 Å². The van der Waals surface area contributed by atoms with Gasteiger partial charge in [-0.05, 0) is 30.5 Å². The van der Waals surface area contributed by atoms with Crippen molar-refractivity contribution < 1.29 is 4.74 Å². The average Bonchev–Trinajstić information content (AvgIpc) is 2.49. The standard InChI is InChI=1S/C16H26ClN3O/c1-4-14-11-20(5-6-21-14)16-7-13(15(17)10-19-16)9-18-8-12(2)3/h7,10,12,14,18H,4-6,8-9,11H2,1-3H3. The van der Waals surface area contributed by atoms with Crippen LogP contribution in [0.25, 0.3) is 0 Å². The zero-order valence-corrected chi connectivity index (χ0v) is 14.0. The van der Waals surface area contributed by atoms with Crippen LogP contribution in [0.3, 0.4) is 0 Å². The van der Waals surface area contributed by atoms with E-state index in [1.54, 1.807) is 6.20 Å². The van der Waals surface area contributed by atoms with Crippen LogP contribution in [0, 0.1) is 5.92 Å². The fraction of sp³-hybridized carbons (Fsp3) is 0.688. The number of hydrogen-bond acceptors (Lipinski definition) is 4. The summed E-state index contributed by atoms with van der Waals surface area (Å²) in [5, 5.41) is 4.17. The van der Waals surface area contributed by atoms with Gasteiger partial charge in [0.15, 0.2) is 0 Å². The minimum Gasteiger partial charge on any atom is -0.375 e. The quantitative estimate of drug-likeness (QED) is 0.876. The minimum absolute atomic E-state index is 0.304. The van der Waals surface area contributed by atoms with Crippen LogP contribution in [0.15, 0.2) is 12.3 Å². The topological polar surface area (TPSA) is 37.4 Å². The zero-order chi connectivity index (χ0) is 15.2. The van der Waals surface area contributed by atoms with Crippen LogP contribution in [0.1, 0.15) is 32.8 Å². The lowest BCUT2D eigenvalue weighted by molar-refractivity contribution is 0.0381. The fourth-order valence-corrected chi connectivity index (χ4v) is 2.62. The van der Waals surface area contributed by atoms with Gasteiger partial charge in [-0.15, -0.1) is 0 Å². The van der Waals surface area contributed by atoms with Gasteiger partial charge in [0.2, 0.25) is 0 Å². The van der Waals surface area contributed by atoms with Gasteiger partial charge in [-0.1, -0.05) is 32.4 Å². The Hall–Kier alpha value is -0.840. The number of rotatable bonds is 6. The van der Waals surface area contributed by atoms with Crippen molar-refractivity contribution in [3.63, 3.8) is 0 Å². The van der Waals surface area contributed by atoms with Crippen molar-refractivity contribution >= 4 is 17.4 Å². The van der Waals surface area contributed by atoms with E-state index in [2.05, 4.69) is 42.0 Å². The van der Waals surface area contributed by atoms with Crippen LogP contribution >= 0.6 is 11.6 Å². The van der Waals surface area contributed by atoms with Crippen molar-refractivity contribution in [1.29, 1.82) is 0 Å². The molecule has 1 aliphatic heterocycles. The van der Waals surface area contributed by atoms with Crippen molar-refractivity contribution in [3.05, 3.63) is 22.8 Å². The summed E-state index contributed by atoms with van der Waals surface area (Å²) in [7, 11) is 0. The molecule has 0 bridgehead atoms. The lowest BCUT2D eigenvalue weighted by Crippen LogP contribution is -2.42. The van der Waals surface area contributed by atoms with Crippen molar-refractivity contribution in [2.75, 3.05) is 31.1 Å². The number of aromatic nitrogens is 1. The molecule has 1 unspecified atom stereocenters. The van der Waals surface area contributed by atoms with Crippen LogP contribution in [0.4, 0.5) is 5.82 Å². The molecular weight excluding hydrogens is 286 g/mol. The molecule has 118 valence electrons. The Bertz CT molecular complexity index is 453. The number of nitrogens with one attached hydrogen (secondary N) is 1. The average molecular weight is 312 g/mol. The molecule has 2 heterocycles. The molecular formula is C16H26ClN3O. The third-order valence-corrected chi connectivity index (χ3v) is 4.05. The molecule has 1 N–H and O–H groups in total. The Morgan fingerprint density at radius 1 is 1.52 bits per heavy atom. The van der Waals surface area contributed by atoms with Gasteiger partial charge in [0.05, 0.1) is 17.7 Å². The second-order valence-electron chi connectivity index (χ2n) is 6.01. The summed E-state index contributed by atoms with van der Waals surface area (Å²) in [6, 6.07) is 2.10. The highest BCUT2D eigenvalue weighted by atomic mass is 35.5. The molecule has 1 atom stereocenters. The summed E-state index contributed by atoms with van der Waals surface area (Å²) in [6.07, 6.45) is 3.10. The largest absolute Gasteiger partial charge is 0.375 e. The predicted octanol–water partition coefficient (Wildman–Crippen LogP) is 3.10. The predicted molar refractivity (Wildman–Crippen MR) is 88.0 cm³/mol. The van der Waals surface area contributed by atoms with E-state index < -0.39 is 0 Å². The molecule has 1 aromatic rings. The van der Waals surface area contributed by atoms with Gasteiger partial charge < -0.3 is 15.0 Å². The first kappa shape index (κ1) is 16.5. The molecule has 0 amide bonds. The lowest BCUT2D eigenvalue weighted by Gasteiger charge is -2.33. The molecule has 0 saturated carbocycles. The van der Waals surface area contributed by atoms with Crippen molar-refractivity contribution in [3.8, 4) is 0 Å². The number of halogens is 1. The molecule has 1 aliphatic rings. The molecule has 0 radical (unpaired) electrons. The molecule has 0 aliphatic carbocycles. The monoisotopic (exact) mass is 311 g/mol. The second-order valence-corrected chi connectivity index (χ2v) is 6.41. The van der Waals surface area contributed by atoms with Gasteiger partial charge in [0, 0.05) is 25.8 Å². The van der Waals surface area contributed by atoms with Gasteiger partial charge in [-0.25, -0.2) is 4.98 Å². The van der Waals surface area contributed by atoms with Gasteiger partial charge >= 0.3 is 0 Å². The summed E-state index contributed by atoms with van der Waals surface area (Å²) < 4.78 is 5.72. The van der Waals surface area contributed by atoms with E-state index in [1.807, 2.05) is 0 Å². The molecule has 5 heteroatoms. The molecule has 1 aromatic heterocycles. The van der Waals surface area contributed by atoms with Gasteiger partial charge in [0.1, 0.15) is 5.82 Å². The minimum atomic E-state index is 0.304. The highest BCUT2D eigenvalue weighted by molar-refractivity contribution is 6.31. The second kappa shape index (κ2) is 7.97. The maximum Gasteiger partial charge on any atom is 0.129 e. The first-order valence-electron chi connectivity index (χ1n) is 7.81. The normalized spacial score (nSPS) is 19.3. The summed E-state index contributed by atoms with van der Waals surface area (Å²) in [5.41, 5.74) is 1.11. The first-order valence-corrected chi connectivity index (χ1v) is 8.19. The van der Waals surface area contributed by atoms with Gasteiger partial charge in [-0.2, -0.15) is 0 Å². The maximum atomic E-state index is 6.26. The Balaban J connectivity index is 2.03. The van der Waals surface area contributed by atoms with Gasteiger partial charge in [-0.3, -0.25) is 0 Å². The lowest BCUT2D eigenvalue weighted by atomic mass is 10.2. The molecule has 21 heavy (non-hydrogen) atoms. The van der Waals surface area contributed by atoms with E-state index in [0.29, 0.717) is 12.0 Å². The van der Waals surface area contributed by atoms with E-state index in [-0.39, 0.29) is 0 Å². The maximum absolute atomic E-state index is 6.26. The fourth-order valence-electron chi connectivity index (χ4n) is 2.45. The van der Waals surface area contributed by atoms with Crippen molar-refractivity contribution in [1.82, 2.24) is 10.3 Å². The zero-order valence-electron chi connectivity index (χ0n) is 13.2. The number of nitrogens with zero attached hydrogens (tertiary/aromatic N) is 2. The summed E-state index contributed by atoms with van der Waals surface area (Å²) in [6.45, 7) is 10.9. The number of anilines is 1. The van der Waals surface area contributed by atoms with E-state index in [0.717, 1.165) is 55.6 Å². The van der Waals surface area contributed by atoms with Crippen LogP contribution in [0.5, 0.6) is 0 Å². The third kappa shape index (κ3) is 4.83. The Labute approximate surface area is 132 Å². The SMILES string of the molecule is CCC1CN(c2cc(CNCC(C)C)c(Cl)cn2)CCO1. The molecule has 0 spiro atoms. The van der Waals surface area contributed by atoms with Crippen LogP contribution in [-0.4, -0.2) is 37.3 Å². The number of morpholine rings is 1. The Morgan fingerprint density at radius 2 is 2.33 bits per heavy atom.